The fourth-order valence-corrected chi connectivity index (χ4v) is 1.66. The third-order valence-electron chi connectivity index (χ3n) is 2.61. The Balaban J connectivity index is 1.92. The first kappa shape index (κ1) is 17.2. The van der Waals surface area contributed by atoms with Crippen LogP contribution in [0.2, 0.25) is 0 Å². The van der Waals surface area contributed by atoms with Crippen molar-refractivity contribution in [2.24, 2.45) is 0 Å². The summed E-state index contributed by atoms with van der Waals surface area (Å²) in [6.07, 6.45) is -3.55. The molecule has 0 fully saturated rings. The maximum absolute atomic E-state index is 12.0. The van der Waals surface area contributed by atoms with E-state index in [9.17, 15) is 22.8 Å². The maximum atomic E-state index is 12.0. The van der Waals surface area contributed by atoms with Gasteiger partial charge in [0.2, 0.25) is 5.91 Å². The summed E-state index contributed by atoms with van der Waals surface area (Å²) < 4.78 is 45.4. The molecular weight excluding hydrogens is 333 g/mol. The lowest BCUT2D eigenvalue weighted by Crippen LogP contribution is -2.19. The van der Waals surface area contributed by atoms with Gasteiger partial charge in [-0.05, 0) is 24.3 Å². The number of halogens is 3. The Labute approximate surface area is 133 Å². The molecule has 1 aromatic carbocycles. The molecule has 0 unspecified atom stereocenters. The summed E-state index contributed by atoms with van der Waals surface area (Å²) in [4.78, 5) is 23.0. The summed E-state index contributed by atoms with van der Waals surface area (Å²) in [5, 5.41) is 9.56. The number of aromatic nitrogens is 3. The Kier molecular flexibility index (Phi) is 5.02. The van der Waals surface area contributed by atoms with Gasteiger partial charge in [-0.2, -0.15) is 0 Å². The van der Waals surface area contributed by atoms with Crippen molar-refractivity contribution < 1.29 is 32.2 Å². The Hall–Kier alpha value is -3.11. The fourth-order valence-electron chi connectivity index (χ4n) is 1.66. The molecule has 2 rings (SSSR count). The topological polar surface area (TPSA) is 95.3 Å². The van der Waals surface area contributed by atoms with E-state index in [1.165, 1.54) is 25.4 Å². The van der Waals surface area contributed by atoms with Crippen LogP contribution < -0.4 is 10.1 Å². The molecule has 11 heteroatoms. The minimum Gasteiger partial charge on any atom is -0.464 e. The van der Waals surface area contributed by atoms with Crippen molar-refractivity contribution in [1.29, 1.82) is 0 Å². The summed E-state index contributed by atoms with van der Waals surface area (Å²) in [6.45, 7) is -0.245. The quantitative estimate of drug-likeness (QED) is 0.828. The van der Waals surface area contributed by atoms with Crippen molar-refractivity contribution in [2.75, 3.05) is 12.4 Å². The zero-order valence-corrected chi connectivity index (χ0v) is 12.2. The summed E-state index contributed by atoms with van der Waals surface area (Å²) >= 11 is 0. The van der Waals surface area contributed by atoms with Crippen LogP contribution in [0.15, 0.2) is 30.5 Å². The third kappa shape index (κ3) is 4.97. The number of nitrogens with zero attached hydrogens (tertiary/aromatic N) is 3. The molecule has 1 heterocycles. The monoisotopic (exact) mass is 344 g/mol. The van der Waals surface area contributed by atoms with Crippen LogP contribution in [-0.4, -0.2) is 40.3 Å². The lowest BCUT2D eigenvalue weighted by molar-refractivity contribution is -0.274. The molecule has 1 aromatic heterocycles. The standard InChI is InChI=1S/C13H11F3N4O4/c1-23-12(22)10-6-20(19-18-10)7-11(21)17-8-2-4-9(5-3-8)24-13(14,15)16/h2-6H,7H2,1H3,(H,17,21). The van der Waals surface area contributed by atoms with E-state index >= 15 is 0 Å². The van der Waals surface area contributed by atoms with E-state index < -0.39 is 24.0 Å². The van der Waals surface area contributed by atoms with Crippen LogP contribution in [0.3, 0.4) is 0 Å². The molecule has 0 aliphatic heterocycles. The molecule has 1 N–H and O–H groups in total. The highest BCUT2D eigenvalue weighted by Crippen LogP contribution is 2.23. The van der Waals surface area contributed by atoms with E-state index in [-0.39, 0.29) is 17.9 Å². The predicted octanol–water partition coefficient (Wildman–Crippen LogP) is 1.60. The van der Waals surface area contributed by atoms with Gasteiger partial charge in [0.05, 0.1) is 13.3 Å². The van der Waals surface area contributed by atoms with E-state index in [2.05, 4.69) is 25.1 Å². The fraction of sp³-hybridized carbons (Fsp3) is 0.231. The smallest absolute Gasteiger partial charge is 0.464 e. The SMILES string of the molecule is COC(=O)c1cn(CC(=O)Nc2ccc(OC(F)(F)F)cc2)nn1. The number of ether oxygens (including phenoxy) is 2. The number of esters is 1. The van der Waals surface area contributed by atoms with Gasteiger partial charge in [0.25, 0.3) is 0 Å². The molecule has 128 valence electrons. The average Bonchev–Trinajstić information content (AvgIpc) is 2.95. The second kappa shape index (κ2) is 6.98. The minimum absolute atomic E-state index is 0.0565. The van der Waals surface area contributed by atoms with Gasteiger partial charge in [-0.15, -0.1) is 18.3 Å². The number of amides is 1. The summed E-state index contributed by atoms with van der Waals surface area (Å²) in [5.74, 6) is -1.61. The van der Waals surface area contributed by atoms with Gasteiger partial charge >= 0.3 is 12.3 Å². The number of anilines is 1. The second-order valence-electron chi connectivity index (χ2n) is 4.41. The van der Waals surface area contributed by atoms with Crippen LogP contribution in [-0.2, 0) is 16.1 Å². The van der Waals surface area contributed by atoms with E-state index in [0.29, 0.717) is 0 Å². The third-order valence-corrected chi connectivity index (χ3v) is 2.61. The number of hydrogen-bond donors (Lipinski definition) is 1. The van der Waals surface area contributed by atoms with Crippen molar-refractivity contribution in [2.45, 2.75) is 12.9 Å². The highest BCUT2D eigenvalue weighted by Gasteiger charge is 2.30. The van der Waals surface area contributed by atoms with Gasteiger partial charge in [0.1, 0.15) is 12.3 Å². The first-order valence-electron chi connectivity index (χ1n) is 6.41. The molecule has 1 amide bonds. The summed E-state index contributed by atoms with van der Waals surface area (Å²) in [5.41, 5.74) is 0.210. The largest absolute Gasteiger partial charge is 0.573 e. The van der Waals surface area contributed by atoms with Crippen LogP contribution in [0.4, 0.5) is 18.9 Å². The van der Waals surface area contributed by atoms with Crippen LogP contribution in [0.1, 0.15) is 10.5 Å². The normalized spacial score (nSPS) is 11.0. The molecule has 8 nitrogen and oxygen atoms in total. The van der Waals surface area contributed by atoms with Crippen molar-refractivity contribution >= 4 is 17.6 Å². The molecule has 0 saturated carbocycles. The van der Waals surface area contributed by atoms with Gasteiger partial charge in [0.15, 0.2) is 5.69 Å². The van der Waals surface area contributed by atoms with Crippen LogP contribution in [0.25, 0.3) is 0 Å². The molecule has 0 aliphatic carbocycles. The molecule has 0 saturated heterocycles. The van der Waals surface area contributed by atoms with Gasteiger partial charge < -0.3 is 14.8 Å². The van der Waals surface area contributed by atoms with Gasteiger partial charge in [-0.1, -0.05) is 5.21 Å². The number of rotatable bonds is 5. The molecule has 0 atom stereocenters. The molecule has 2 aromatic rings. The molecular formula is C13H11F3N4O4. The van der Waals surface area contributed by atoms with Crippen LogP contribution in [0, 0.1) is 0 Å². The zero-order valence-electron chi connectivity index (χ0n) is 12.2. The highest BCUT2D eigenvalue weighted by atomic mass is 19.4. The molecule has 0 radical (unpaired) electrons. The lowest BCUT2D eigenvalue weighted by Gasteiger charge is -2.09. The molecule has 0 aliphatic rings. The van der Waals surface area contributed by atoms with E-state index in [4.69, 9.17) is 0 Å². The van der Waals surface area contributed by atoms with Gasteiger partial charge in [-0.3, -0.25) is 4.79 Å². The molecule has 24 heavy (non-hydrogen) atoms. The van der Waals surface area contributed by atoms with Crippen molar-refractivity contribution in [1.82, 2.24) is 15.0 Å². The number of nitrogens with one attached hydrogen (secondary N) is 1. The van der Waals surface area contributed by atoms with Gasteiger partial charge in [-0.25, -0.2) is 9.48 Å². The van der Waals surface area contributed by atoms with Crippen molar-refractivity contribution in [3.63, 3.8) is 0 Å². The predicted molar refractivity (Wildman–Crippen MR) is 73.1 cm³/mol. The average molecular weight is 344 g/mol. The number of hydrogen-bond acceptors (Lipinski definition) is 6. The van der Waals surface area contributed by atoms with Gasteiger partial charge in [0, 0.05) is 5.69 Å². The first-order valence-corrected chi connectivity index (χ1v) is 6.41. The van der Waals surface area contributed by atoms with Crippen LogP contribution >= 0.6 is 0 Å². The number of carbonyl (C=O) groups excluding carboxylic acids is 2. The number of benzene rings is 1. The Bertz CT molecular complexity index is 728. The van der Waals surface area contributed by atoms with E-state index in [0.717, 1.165) is 16.8 Å². The number of methoxy groups -OCH3 is 1. The Morgan fingerprint density at radius 3 is 2.50 bits per heavy atom. The summed E-state index contributed by atoms with van der Waals surface area (Å²) in [6, 6.07) is 4.63. The van der Waals surface area contributed by atoms with Crippen molar-refractivity contribution in [3.05, 3.63) is 36.2 Å². The minimum atomic E-state index is -4.78. The molecule has 0 spiro atoms. The second-order valence-corrected chi connectivity index (χ2v) is 4.41. The van der Waals surface area contributed by atoms with E-state index in [1.54, 1.807) is 0 Å². The zero-order chi connectivity index (χ0) is 17.7. The summed E-state index contributed by atoms with van der Waals surface area (Å²) in [7, 11) is 1.18. The Morgan fingerprint density at radius 2 is 1.92 bits per heavy atom. The van der Waals surface area contributed by atoms with Crippen LogP contribution in [0.5, 0.6) is 5.75 Å². The lowest BCUT2D eigenvalue weighted by atomic mass is 10.3. The molecule has 0 bridgehead atoms. The number of alkyl halides is 3. The van der Waals surface area contributed by atoms with E-state index in [1.807, 2.05) is 0 Å². The van der Waals surface area contributed by atoms with Crippen molar-refractivity contribution in [3.8, 4) is 5.75 Å². The number of carbonyl (C=O) groups is 2. The Morgan fingerprint density at radius 1 is 1.25 bits per heavy atom. The highest BCUT2D eigenvalue weighted by molar-refractivity contribution is 5.90. The maximum Gasteiger partial charge on any atom is 0.573 e. The first-order chi connectivity index (χ1) is 11.3.